The van der Waals surface area contributed by atoms with Crippen LogP contribution >= 0.6 is 22.9 Å². The number of nitrogens with one attached hydrogen (secondary N) is 1. The quantitative estimate of drug-likeness (QED) is 0.596. The number of hydrogen-bond acceptors (Lipinski definition) is 7. The van der Waals surface area contributed by atoms with E-state index >= 15 is 0 Å². The van der Waals surface area contributed by atoms with E-state index in [2.05, 4.69) is 4.98 Å². The zero-order chi connectivity index (χ0) is 21.9. The summed E-state index contributed by atoms with van der Waals surface area (Å²) in [6, 6.07) is 2.79. The van der Waals surface area contributed by atoms with Gasteiger partial charge in [-0.2, -0.15) is 4.31 Å². The molecule has 0 aromatic carbocycles. The number of anilines is 2. The second-order valence-corrected chi connectivity index (χ2v) is 10.3. The Labute approximate surface area is 176 Å². The molecule has 0 saturated heterocycles. The highest BCUT2D eigenvalue weighted by molar-refractivity contribution is 7.91. The van der Waals surface area contributed by atoms with Gasteiger partial charge in [-0.25, -0.2) is 13.2 Å². The van der Waals surface area contributed by atoms with Crippen molar-refractivity contribution in [3.63, 3.8) is 0 Å². The van der Waals surface area contributed by atoms with Gasteiger partial charge in [0.1, 0.15) is 10.0 Å². The molecule has 2 rings (SSSR count). The molecule has 0 radical (unpaired) electrons. The Morgan fingerprint density at radius 1 is 1.31 bits per heavy atom. The van der Waals surface area contributed by atoms with Gasteiger partial charge < -0.3 is 10.6 Å². The number of sulfonamides is 1. The number of likely N-dealkylation sites (N-methyl/N-ethyl adjacent to an activating group) is 2. The predicted molar refractivity (Wildman–Crippen MR) is 113 cm³/mol. The van der Waals surface area contributed by atoms with Crippen molar-refractivity contribution in [3.05, 3.63) is 37.3 Å². The molecule has 0 bridgehead atoms. The highest BCUT2D eigenvalue weighted by Crippen LogP contribution is 2.27. The van der Waals surface area contributed by atoms with Crippen LogP contribution in [0.5, 0.6) is 0 Å². The van der Waals surface area contributed by atoms with Crippen LogP contribution in [0.3, 0.4) is 0 Å². The van der Waals surface area contributed by atoms with Crippen molar-refractivity contribution in [2.24, 2.45) is 0 Å². The fourth-order valence-corrected chi connectivity index (χ4v) is 5.35. The Balaban J connectivity index is 2.30. The summed E-state index contributed by atoms with van der Waals surface area (Å²) in [6.07, 6.45) is 1.45. The maximum absolute atomic E-state index is 12.7. The first kappa shape index (κ1) is 23.1. The molecule has 1 amide bonds. The maximum Gasteiger partial charge on any atom is 0.330 e. The van der Waals surface area contributed by atoms with Gasteiger partial charge in [0.15, 0.2) is 5.69 Å². The first-order valence-electron chi connectivity index (χ1n) is 8.61. The highest BCUT2D eigenvalue weighted by atomic mass is 35.5. The van der Waals surface area contributed by atoms with E-state index in [4.69, 9.17) is 17.3 Å². The molecular formula is C16H22ClN5O5S2. The fourth-order valence-electron chi connectivity index (χ4n) is 2.54. The van der Waals surface area contributed by atoms with Gasteiger partial charge in [-0.05, 0) is 18.6 Å². The van der Waals surface area contributed by atoms with Crippen LogP contribution in [-0.2, 0) is 21.4 Å². The van der Waals surface area contributed by atoms with E-state index in [0.29, 0.717) is 10.8 Å². The number of amides is 1. The number of nitrogens with zero attached hydrogens (tertiary/aromatic N) is 3. The molecule has 2 aromatic rings. The normalized spacial score (nSPS) is 11.8. The standard InChI is InChI=1S/C16H22ClN5O5S2/c1-4-5-8-22-14(18)13(15(24)19-16(22)25)21(3)11(23)9-20(2)29(26,27)12-7-6-10(17)28-12/h6-7H,4-5,8-9,18H2,1-3H3,(H,19,24,25). The lowest BCUT2D eigenvalue weighted by molar-refractivity contribution is -0.118. The van der Waals surface area contributed by atoms with Gasteiger partial charge in [0, 0.05) is 20.6 Å². The maximum atomic E-state index is 12.7. The van der Waals surface area contributed by atoms with E-state index in [9.17, 15) is 22.8 Å². The first-order valence-corrected chi connectivity index (χ1v) is 11.2. The summed E-state index contributed by atoms with van der Waals surface area (Å²) in [7, 11) is -1.40. The minimum absolute atomic E-state index is 0.00840. The van der Waals surface area contributed by atoms with Gasteiger partial charge in [-0.15, -0.1) is 11.3 Å². The second-order valence-electron chi connectivity index (χ2n) is 6.27. The summed E-state index contributed by atoms with van der Waals surface area (Å²) in [5, 5.41) is 0. The van der Waals surface area contributed by atoms with Gasteiger partial charge in [0.05, 0.1) is 10.9 Å². The summed E-state index contributed by atoms with van der Waals surface area (Å²) >= 11 is 6.66. The van der Waals surface area contributed by atoms with Crippen molar-refractivity contribution < 1.29 is 13.2 Å². The molecule has 2 heterocycles. The number of unbranched alkanes of at least 4 members (excludes halogenated alkanes) is 1. The van der Waals surface area contributed by atoms with Gasteiger partial charge in [0.25, 0.3) is 15.6 Å². The third-order valence-corrected chi connectivity index (χ3v) is 7.73. The summed E-state index contributed by atoms with van der Waals surface area (Å²) in [6.45, 7) is 1.67. The molecule has 0 aliphatic carbocycles. The third-order valence-electron chi connectivity index (χ3n) is 4.23. The summed E-state index contributed by atoms with van der Waals surface area (Å²) in [5.74, 6) is -0.852. The molecule has 0 aliphatic rings. The molecule has 0 unspecified atom stereocenters. The monoisotopic (exact) mass is 463 g/mol. The Bertz CT molecular complexity index is 1120. The highest BCUT2D eigenvalue weighted by Gasteiger charge is 2.28. The molecule has 160 valence electrons. The molecule has 0 spiro atoms. The first-order chi connectivity index (χ1) is 13.5. The molecular weight excluding hydrogens is 442 g/mol. The van der Waals surface area contributed by atoms with Crippen LogP contribution in [0, 0.1) is 0 Å². The van der Waals surface area contributed by atoms with Crippen LogP contribution < -0.4 is 21.9 Å². The topological polar surface area (TPSA) is 139 Å². The zero-order valence-electron chi connectivity index (χ0n) is 16.1. The number of carbonyl (C=O) groups excluding carboxylic acids is 1. The lowest BCUT2D eigenvalue weighted by Gasteiger charge is -2.23. The number of thiophene rings is 1. The van der Waals surface area contributed by atoms with Crippen molar-refractivity contribution in [2.45, 2.75) is 30.5 Å². The largest absolute Gasteiger partial charge is 0.383 e. The molecule has 3 N–H and O–H groups in total. The Kier molecular flexibility index (Phi) is 7.27. The molecule has 2 aromatic heterocycles. The number of aromatic nitrogens is 2. The number of hydrogen-bond donors (Lipinski definition) is 2. The van der Waals surface area contributed by atoms with Crippen molar-refractivity contribution in [1.82, 2.24) is 13.9 Å². The van der Waals surface area contributed by atoms with Gasteiger partial charge in [-0.3, -0.25) is 19.1 Å². The Morgan fingerprint density at radius 3 is 2.52 bits per heavy atom. The molecule has 0 atom stereocenters. The van der Waals surface area contributed by atoms with Crippen molar-refractivity contribution in [1.29, 1.82) is 0 Å². The molecule has 0 aliphatic heterocycles. The van der Waals surface area contributed by atoms with E-state index in [0.717, 1.165) is 27.0 Å². The minimum atomic E-state index is -3.93. The van der Waals surface area contributed by atoms with Crippen molar-refractivity contribution in [2.75, 3.05) is 31.3 Å². The van der Waals surface area contributed by atoms with Crippen LogP contribution in [0.4, 0.5) is 11.5 Å². The second kappa shape index (κ2) is 9.11. The Hall–Kier alpha value is -2.15. The van der Waals surface area contributed by atoms with E-state index in [1.807, 2.05) is 6.92 Å². The van der Waals surface area contributed by atoms with Crippen LogP contribution in [0.1, 0.15) is 19.8 Å². The number of carbonyl (C=O) groups is 1. The summed E-state index contributed by atoms with van der Waals surface area (Å²) in [5.41, 5.74) is 4.27. The fraction of sp³-hybridized carbons (Fsp3) is 0.438. The van der Waals surface area contributed by atoms with Gasteiger partial charge in [-0.1, -0.05) is 24.9 Å². The third kappa shape index (κ3) is 4.89. The zero-order valence-corrected chi connectivity index (χ0v) is 18.5. The number of aromatic amines is 1. The van der Waals surface area contributed by atoms with Crippen LogP contribution in [0.2, 0.25) is 4.34 Å². The van der Waals surface area contributed by atoms with Crippen LogP contribution in [0.25, 0.3) is 0 Å². The number of nitrogen functional groups attached to an aromatic ring is 1. The SMILES string of the molecule is CCCCn1c(N)c(N(C)C(=O)CN(C)S(=O)(=O)c2ccc(Cl)s2)c(=O)[nH]c1=O. The average Bonchev–Trinajstić information content (AvgIpc) is 3.08. The van der Waals surface area contributed by atoms with E-state index in [1.165, 1.54) is 30.8 Å². The number of nitrogens with two attached hydrogens (primary N) is 1. The summed E-state index contributed by atoms with van der Waals surface area (Å²) in [4.78, 5) is 40.0. The molecule has 13 heteroatoms. The van der Waals surface area contributed by atoms with Gasteiger partial charge in [0.2, 0.25) is 5.91 Å². The smallest absolute Gasteiger partial charge is 0.330 e. The summed E-state index contributed by atoms with van der Waals surface area (Å²) < 4.78 is 27.4. The van der Waals surface area contributed by atoms with Gasteiger partial charge >= 0.3 is 5.69 Å². The lowest BCUT2D eigenvalue weighted by Crippen LogP contribution is -2.43. The van der Waals surface area contributed by atoms with E-state index in [1.54, 1.807) is 0 Å². The number of halogens is 1. The Morgan fingerprint density at radius 2 is 1.97 bits per heavy atom. The minimum Gasteiger partial charge on any atom is -0.383 e. The average molecular weight is 464 g/mol. The van der Waals surface area contributed by atoms with Crippen LogP contribution in [0.15, 0.2) is 25.9 Å². The molecule has 29 heavy (non-hydrogen) atoms. The molecule has 0 saturated carbocycles. The van der Waals surface area contributed by atoms with Crippen molar-refractivity contribution >= 4 is 50.4 Å². The van der Waals surface area contributed by atoms with E-state index < -0.39 is 33.7 Å². The van der Waals surface area contributed by atoms with Crippen molar-refractivity contribution in [3.8, 4) is 0 Å². The predicted octanol–water partition coefficient (Wildman–Crippen LogP) is 0.917. The number of rotatable bonds is 8. The lowest BCUT2D eigenvalue weighted by atomic mass is 10.3. The van der Waals surface area contributed by atoms with E-state index in [-0.39, 0.29) is 22.3 Å². The molecule has 0 fully saturated rings. The number of H-pyrrole nitrogens is 1. The molecule has 10 nitrogen and oxygen atoms in total. The van der Waals surface area contributed by atoms with Crippen LogP contribution in [-0.4, -0.2) is 48.8 Å².